The molecule has 3 heteroatoms. The van der Waals surface area contributed by atoms with Gasteiger partial charge in [0, 0.05) is 36.6 Å². The lowest BCUT2D eigenvalue weighted by molar-refractivity contribution is 0.0755. The molecule has 3 aromatic rings. The highest BCUT2D eigenvalue weighted by molar-refractivity contribution is 6.08. The predicted molar refractivity (Wildman–Crippen MR) is 97.8 cm³/mol. The lowest BCUT2D eigenvalue weighted by Gasteiger charge is -2.21. The monoisotopic (exact) mass is 316 g/mol. The Morgan fingerprint density at radius 2 is 1.71 bits per heavy atom. The molecule has 0 atom stereocenters. The molecule has 1 aromatic heterocycles. The van der Waals surface area contributed by atoms with Crippen LogP contribution in [0, 0.1) is 0 Å². The van der Waals surface area contributed by atoms with Gasteiger partial charge in [0.1, 0.15) is 5.69 Å². The third-order valence-electron chi connectivity index (χ3n) is 4.83. The second-order valence-corrected chi connectivity index (χ2v) is 6.36. The van der Waals surface area contributed by atoms with Crippen molar-refractivity contribution >= 4 is 22.4 Å². The lowest BCUT2D eigenvalue weighted by Crippen LogP contribution is -2.31. The zero-order valence-electron chi connectivity index (χ0n) is 14.0. The molecule has 0 bridgehead atoms. The molecule has 4 rings (SSSR count). The fourth-order valence-electron chi connectivity index (χ4n) is 3.56. The number of aryl methyl sites for hydroxylation is 1. The first-order chi connectivity index (χ1) is 11.7. The van der Waals surface area contributed by atoms with Crippen LogP contribution in [-0.2, 0) is 13.6 Å². The third-order valence-corrected chi connectivity index (χ3v) is 4.83. The Morgan fingerprint density at radius 3 is 2.50 bits per heavy atom. The van der Waals surface area contributed by atoms with Crippen LogP contribution in [0.25, 0.3) is 16.5 Å². The SMILES string of the molecule is CC1=CCN(Cc2ccccc2)C(=O)c2c1c1ccccc1n2C. The Bertz CT molecular complexity index is 951. The van der Waals surface area contributed by atoms with Gasteiger partial charge in [-0.1, -0.05) is 54.6 Å². The summed E-state index contributed by atoms with van der Waals surface area (Å²) in [7, 11) is 1.98. The first kappa shape index (κ1) is 14.8. The maximum Gasteiger partial charge on any atom is 0.271 e. The van der Waals surface area contributed by atoms with Crippen LogP contribution in [0.1, 0.15) is 28.5 Å². The van der Waals surface area contributed by atoms with Crippen molar-refractivity contribution in [3.8, 4) is 0 Å². The molecule has 0 spiro atoms. The zero-order valence-corrected chi connectivity index (χ0v) is 14.0. The van der Waals surface area contributed by atoms with Crippen molar-refractivity contribution in [3.05, 3.63) is 77.5 Å². The van der Waals surface area contributed by atoms with Gasteiger partial charge in [-0.3, -0.25) is 4.79 Å². The standard InChI is InChI=1S/C21H20N2O/c1-15-12-13-23(14-16-8-4-3-5-9-16)21(24)20-19(15)17-10-6-7-11-18(17)22(20)2/h3-12H,13-14H2,1-2H3. The summed E-state index contributed by atoms with van der Waals surface area (Å²) in [6.07, 6.45) is 2.17. The highest BCUT2D eigenvalue weighted by atomic mass is 16.2. The van der Waals surface area contributed by atoms with Crippen molar-refractivity contribution in [3.63, 3.8) is 0 Å². The van der Waals surface area contributed by atoms with E-state index < -0.39 is 0 Å². The van der Waals surface area contributed by atoms with Gasteiger partial charge < -0.3 is 9.47 Å². The molecule has 0 unspecified atom stereocenters. The Morgan fingerprint density at radius 1 is 1.00 bits per heavy atom. The molecule has 24 heavy (non-hydrogen) atoms. The van der Waals surface area contributed by atoms with Crippen molar-refractivity contribution in [2.24, 2.45) is 7.05 Å². The molecule has 0 aliphatic carbocycles. The van der Waals surface area contributed by atoms with E-state index >= 15 is 0 Å². The second kappa shape index (κ2) is 5.68. The average Bonchev–Trinajstić information content (AvgIpc) is 2.85. The largest absolute Gasteiger partial charge is 0.339 e. The molecular weight excluding hydrogens is 296 g/mol. The van der Waals surface area contributed by atoms with Gasteiger partial charge in [0.2, 0.25) is 0 Å². The van der Waals surface area contributed by atoms with Crippen LogP contribution in [-0.4, -0.2) is 21.9 Å². The third kappa shape index (κ3) is 2.24. The number of fused-ring (bicyclic) bond motifs is 3. The minimum Gasteiger partial charge on any atom is -0.339 e. The van der Waals surface area contributed by atoms with Gasteiger partial charge in [-0.05, 0) is 24.1 Å². The van der Waals surface area contributed by atoms with Gasteiger partial charge in [-0.15, -0.1) is 0 Å². The normalized spacial score (nSPS) is 14.5. The molecule has 0 N–H and O–H groups in total. The minimum atomic E-state index is 0.0978. The number of rotatable bonds is 2. The summed E-state index contributed by atoms with van der Waals surface area (Å²) in [6.45, 7) is 3.37. The summed E-state index contributed by atoms with van der Waals surface area (Å²) in [5.74, 6) is 0.0978. The molecule has 3 nitrogen and oxygen atoms in total. The number of carbonyl (C=O) groups excluding carboxylic acids is 1. The molecule has 1 aliphatic heterocycles. The fourth-order valence-corrected chi connectivity index (χ4v) is 3.56. The van der Waals surface area contributed by atoms with Crippen molar-refractivity contribution in [2.45, 2.75) is 13.5 Å². The highest BCUT2D eigenvalue weighted by Gasteiger charge is 2.28. The van der Waals surface area contributed by atoms with Crippen LogP contribution >= 0.6 is 0 Å². The van der Waals surface area contributed by atoms with Crippen molar-refractivity contribution in [2.75, 3.05) is 6.54 Å². The van der Waals surface area contributed by atoms with Gasteiger partial charge in [-0.2, -0.15) is 0 Å². The number of hydrogen-bond acceptors (Lipinski definition) is 1. The first-order valence-electron chi connectivity index (χ1n) is 8.24. The number of allylic oxidation sites excluding steroid dienone is 1. The van der Waals surface area contributed by atoms with E-state index in [9.17, 15) is 4.79 Å². The summed E-state index contributed by atoms with van der Waals surface area (Å²) in [5.41, 5.74) is 5.29. The van der Waals surface area contributed by atoms with Crippen LogP contribution in [0.15, 0.2) is 60.7 Å². The van der Waals surface area contributed by atoms with E-state index in [1.54, 1.807) is 0 Å². The molecule has 0 fully saturated rings. The molecular formula is C21H20N2O. The second-order valence-electron chi connectivity index (χ2n) is 6.36. The van der Waals surface area contributed by atoms with E-state index in [4.69, 9.17) is 0 Å². The molecule has 0 radical (unpaired) electrons. The van der Waals surface area contributed by atoms with Gasteiger partial charge in [0.25, 0.3) is 5.91 Å². The van der Waals surface area contributed by atoms with Crippen LogP contribution in [0.2, 0.25) is 0 Å². The van der Waals surface area contributed by atoms with Crippen LogP contribution in [0.5, 0.6) is 0 Å². The molecule has 2 aromatic carbocycles. The molecule has 0 saturated heterocycles. The van der Waals surface area contributed by atoms with Crippen molar-refractivity contribution in [1.82, 2.24) is 9.47 Å². The Hall–Kier alpha value is -2.81. The van der Waals surface area contributed by atoms with Crippen LogP contribution < -0.4 is 0 Å². The molecule has 2 heterocycles. The number of amides is 1. The Kier molecular flexibility index (Phi) is 3.49. The van der Waals surface area contributed by atoms with Gasteiger partial charge in [0.15, 0.2) is 0 Å². The molecule has 120 valence electrons. The quantitative estimate of drug-likeness (QED) is 0.694. The van der Waals surface area contributed by atoms with Crippen molar-refractivity contribution < 1.29 is 4.79 Å². The smallest absolute Gasteiger partial charge is 0.271 e. The van der Waals surface area contributed by atoms with Gasteiger partial charge >= 0.3 is 0 Å². The first-order valence-corrected chi connectivity index (χ1v) is 8.24. The lowest BCUT2D eigenvalue weighted by atomic mass is 10.0. The number of hydrogen-bond donors (Lipinski definition) is 0. The van der Waals surface area contributed by atoms with E-state index in [0.29, 0.717) is 13.1 Å². The summed E-state index contributed by atoms with van der Waals surface area (Å²) in [4.78, 5) is 15.2. The number of aromatic nitrogens is 1. The average molecular weight is 316 g/mol. The summed E-state index contributed by atoms with van der Waals surface area (Å²) < 4.78 is 2.04. The summed E-state index contributed by atoms with van der Waals surface area (Å²) in [5, 5.41) is 1.15. The Balaban J connectivity index is 1.84. The number of nitrogens with zero attached hydrogens (tertiary/aromatic N) is 2. The number of carbonyl (C=O) groups is 1. The number of benzene rings is 2. The van der Waals surface area contributed by atoms with E-state index in [-0.39, 0.29) is 5.91 Å². The fraction of sp³-hybridized carbons (Fsp3) is 0.190. The van der Waals surface area contributed by atoms with Crippen molar-refractivity contribution in [1.29, 1.82) is 0 Å². The summed E-state index contributed by atoms with van der Waals surface area (Å²) in [6, 6.07) is 18.4. The van der Waals surface area contributed by atoms with E-state index in [1.807, 2.05) is 46.8 Å². The number of para-hydroxylation sites is 1. The van der Waals surface area contributed by atoms with Gasteiger partial charge in [0.05, 0.1) is 0 Å². The minimum absolute atomic E-state index is 0.0978. The van der Waals surface area contributed by atoms with E-state index in [0.717, 1.165) is 27.7 Å². The maximum atomic E-state index is 13.2. The maximum absolute atomic E-state index is 13.2. The van der Waals surface area contributed by atoms with E-state index in [1.165, 1.54) is 5.57 Å². The summed E-state index contributed by atoms with van der Waals surface area (Å²) >= 11 is 0. The predicted octanol–water partition coefficient (Wildman–Crippen LogP) is 4.24. The molecule has 0 saturated carbocycles. The van der Waals surface area contributed by atoms with E-state index in [2.05, 4.69) is 37.3 Å². The topological polar surface area (TPSA) is 25.2 Å². The van der Waals surface area contributed by atoms with Crippen LogP contribution in [0.3, 0.4) is 0 Å². The van der Waals surface area contributed by atoms with Crippen LogP contribution in [0.4, 0.5) is 0 Å². The van der Waals surface area contributed by atoms with Gasteiger partial charge in [-0.25, -0.2) is 0 Å². The zero-order chi connectivity index (χ0) is 16.7. The molecule has 1 amide bonds. The Labute approximate surface area is 141 Å². The molecule has 1 aliphatic rings. The highest BCUT2D eigenvalue weighted by Crippen LogP contribution is 2.33.